The van der Waals surface area contributed by atoms with Crippen molar-refractivity contribution in [2.45, 2.75) is 17.8 Å². The Kier molecular flexibility index (Phi) is 4.14. The van der Waals surface area contributed by atoms with Gasteiger partial charge in [0, 0.05) is 54.9 Å². The molecule has 1 saturated heterocycles. The molecule has 2 aliphatic heterocycles. The highest BCUT2D eigenvalue weighted by molar-refractivity contribution is 6.10. The van der Waals surface area contributed by atoms with Crippen LogP contribution < -0.4 is 10.2 Å². The van der Waals surface area contributed by atoms with Gasteiger partial charge in [-0.05, 0) is 48.9 Å². The molecule has 4 heterocycles. The number of aromatic amines is 1. The molecule has 2 N–H and O–H groups in total. The number of pyridine rings is 1. The molecule has 2 fully saturated rings. The van der Waals surface area contributed by atoms with Gasteiger partial charge in [0.1, 0.15) is 11.5 Å². The summed E-state index contributed by atoms with van der Waals surface area (Å²) in [5.74, 6) is 1.33. The fraction of sp³-hybridized carbons (Fsp3) is 0.296. The molecule has 1 aliphatic carbocycles. The number of benzene rings is 2. The van der Waals surface area contributed by atoms with Crippen LogP contribution in [-0.4, -0.2) is 59.2 Å². The Morgan fingerprint density at radius 1 is 1.03 bits per heavy atom. The van der Waals surface area contributed by atoms with Gasteiger partial charge in [0.2, 0.25) is 5.91 Å². The SMILES string of the molecule is CN1CCN(c2ccc(-c3n[nH]c4cc([C@@H]5CC56C(=O)Nc5ccccc56)ccc34)cn2)CC1. The molecule has 2 aromatic carbocycles. The maximum absolute atomic E-state index is 12.9. The molecule has 1 spiro atoms. The predicted octanol–water partition coefficient (Wildman–Crippen LogP) is 3.75. The Balaban J connectivity index is 1.16. The van der Waals surface area contributed by atoms with Gasteiger partial charge >= 0.3 is 0 Å². The van der Waals surface area contributed by atoms with Gasteiger partial charge in [-0.1, -0.05) is 30.3 Å². The average molecular weight is 451 g/mol. The fourth-order valence-electron chi connectivity index (χ4n) is 5.77. The number of amides is 1. The van der Waals surface area contributed by atoms with Crippen LogP contribution in [0.15, 0.2) is 60.8 Å². The summed E-state index contributed by atoms with van der Waals surface area (Å²) in [6.45, 7) is 4.13. The topological polar surface area (TPSA) is 77.1 Å². The van der Waals surface area contributed by atoms with Crippen LogP contribution in [0, 0.1) is 0 Å². The molecule has 7 nitrogen and oxygen atoms in total. The fourth-order valence-corrected chi connectivity index (χ4v) is 5.77. The summed E-state index contributed by atoms with van der Waals surface area (Å²) in [5, 5.41) is 12.0. The van der Waals surface area contributed by atoms with Gasteiger partial charge in [-0.3, -0.25) is 9.89 Å². The van der Waals surface area contributed by atoms with Crippen LogP contribution in [0.3, 0.4) is 0 Å². The number of aromatic nitrogens is 3. The summed E-state index contributed by atoms with van der Waals surface area (Å²) in [6, 6.07) is 18.7. The second-order valence-corrected chi connectivity index (χ2v) is 9.80. The largest absolute Gasteiger partial charge is 0.354 e. The van der Waals surface area contributed by atoms with Crippen molar-refractivity contribution in [1.29, 1.82) is 0 Å². The summed E-state index contributed by atoms with van der Waals surface area (Å²) in [5.41, 5.74) is 5.74. The molecule has 7 heteroatoms. The molecule has 1 saturated carbocycles. The third-order valence-electron chi connectivity index (χ3n) is 7.86. The number of piperazine rings is 1. The van der Waals surface area contributed by atoms with Crippen LogP contribution in [0.4, 0.5) is 11.5 Å². The lowest BCUT2D eigenvalue weighted by atomic mass is 9.92. The minimum Gasteiger partial charge on any atom is -0.354 e. The Morgan fingerprint density at radius 2 is 1.88 bits per heavy atom. The number of nitrogens with zero attached hydrogens (tertiary/aromatic N) is 4. The summed E-state index contributed by atoms with van der Waals surface area (Å²) in [4.78, 5) is 22.3. The van der Waals surface area contributed by atoms with E-state index in [0.717, 1.165) is 71.8 Å². The normalized spacial score (nSPS) is 24.0. The zero-order valence-corrected chi connectivity index (χ0v) is 19.1. The van der Waals surface area contributed by atoms with Gasteiger partial charge in [0.25, 0.3) is 0 Å². The monoisotopic (exact) mass is 450 g/mol. The maximum atomic E-state index is 12.9. The zero-order chi connectivity index (χ0) is 22.9. The number of para-hydroxylation sites is 1. The van der Waals surface area contributed by atoms with Crippen molar-refractivity contribution < 1.29 is 4.79 Å². The van der Waals surface area contributed by atoms with E-state index in [-0.39, 0.29) is 11.8 Å². The molecular weight excluding hydrogens is 424 g/mol. The van der Waals surface area contributed by atoms with E-state index in [4.69, 9.17) is 4.98 Å². The Labute approximate surface area is 197 Å². The number of nitrogens with one attached hydrogen (secondary N) is 2. The number of anilines is 2. The Morgan fingerprint density at radius 3 is 2.71 bits per heavy atom. The predicted molar refractivity (Wildman–Crippen MR) is 133 cm³/mol. The first-order valence-corrected chi connectivity index (χ1v) is 11.9. The van der Waals surface area contributed by atoms with Crippen LogP contribution in [0.5, 0.6) is 0 Å². The molecule has 4 aromatic rings. The smallest absolute Gasteiger partial charge is 0.235 e. The number of rotatable bonds is 3. The highest BCUT2D eigenvalue weighted by Gasteiger charge is 2.65. The lowest BCUT2D eigenvalue weighted by molar-refractivity contribution is -0.118. The van der Waals surface area contributed by atoms with Crippen molar-refractivity contribution in [2.24, 2.45) is 0 Å². The summed E-state index contributed by atoms with van der Waals surface area (Å²) in [7, 11) is 2.16. The van der Waals surface area contributed by atoms with Crippen molar-refractivity contribution in [3.05, 3.63) is 71.9 Å². The standard InChI is InChI=1S/C27H26N6O/c1-32-10-12-33(13-11-32)24-9-7-18(16-28-24)25-19-8-6-17(14-23(19)30-31-25)21-15-27(21)20-4-2-3-5-22(20)29-26(27)34/h2-9,14,16,21H,10-13,15H2,1H3,(H,29,34)(H,30,31)/t21-,27?/m0/s1. The van der Waals surface area contributed by atoms with Gasteiger partial charge in [-0.15, -0.1) is 0 Å². The molecule has 2 aromatic heterocycles. The van der Waals surface area contributed by atoms with E-state index in [1.54, 1.807) is 0 Å². The van der Waals surface area contributed by atoms with Crippen molar-refractivity contribution in [3.63, 3.8) is 0 Å². The van der Waals surface area contributed by atoms with E-state index < -0.39 is 5.41 Å². The average Bonchev–Trinajstić information content (AvgIpc) is 3.39. The lowest BCUT2D eigenvalue weighted by Crippen LogP contribution is -2.44. The van der Waals surface area contributed by atoms with Crippen LogP contribution >= 0.6 is 0 Å². The van der Waals surface area contributed by atoms with Crippen LogP contribution in [0.25, 0.3) is 22.2 Å². The summed E-state index contributed by atoms with van der Waals surface area (Å²) < 4.78 is 0. The highest BCUT2D eigenvalue weighted by Crippen LogP contribution is 2.65. The van der Waals surface area contributed by atoms with Gasteiger partial charge in [-0.2, -0.15) is 5.10 Å². The molecule has 170 valence electrons. The molecule has 2 atom stereocenters. The van der Waals surface area contributed by atoms with Crippen LogP contribution in [0.1, 0.15) is 23.5 Å². The number of carbonyl (C=O) groups excluding carboxylic acids is 1. The van der Waals surface area contributed by atoms with Gasteiger partial charge in [0.05, 0.1) is 10.9 Å². The molecule has 0 bridgehead atoms. The van der Waals surface area contributed by atoms with Gasteiger partial charge in [-0.25, -0.2) is 4.98 Å². The zero-order valence-electron chi connectivity index (χ0n) is 19.1. The molecule has 34 heavy (non-hydrogen) atoms. The summed E-state index contributed by atoms with van der Waals surface area (Å²) >= 11 is 0. The van der Waals surface area contributed by atoms with Crippen molar-refractivity contribution >= 4 is 28.3 Å². The van der Waals surface area contributed by atoms with E-state index in [9.17, 15) is 4.79 Å². The lowest BCUT2D eigenvalue weighted by Gasteiger charge is -2.33. The van der Waals surface area contributed by atoms with E-state index in [2.05, 4.69) is 68.8 Å². The third kappa shape index (κ3) is 2.83. The highest BCUT2D eigenvalue weighted by atomic mass is 16.2. The Bertz CT molecular complexity index is 1420. The Hall–Kier alpha value is -3.71. The maximum Gasteiger partial charge on any atom is 0.235 e. The second-order valence-electron chi connectivity index (χ2n) is 9.80. The molecular formula is C27H26N6O. The number of fused-ring (bicyclic) bond motifs is 3. The minimum absolute atomic E-state index is 0.121. The van der Waals surface area contributed by atoms with Gasteiger partial charge < -0.3 is 15.1 Å². The first-order chi connectivity index (χ1) is 16.6. The van der Waals surface area contributed by atoms with Crippen LogP contribution in [-0.2, 0) is 10.2 Å². The van der Waals surface area contributed by atoms with Crippen molar-refractivity contribution in [2.75, 3.05) is 43.4 Å². The van der Waals surface area contributed by atoms with Crippen LogP contribution in [0.2, 0.25) is 0 Å². The van der Waals surface area contributed by atoms with E-state index in [1.807, 2.05) is 24.4 Å². The number of hydrogen-bond donors (Lipinski definition) is 2. The first-order valence-electron chi connectivity index (χ1n) is 11.9. The second kappa shape index (κ2) is 7.14. The number of carbonyl (C=O) groups is 1. The van der Waals surface area contributed by atoms with E-state index in [1.165, 1.54) is 5.56 Å². The molecule has 0 radical (unpaired) electrons. The summed E-state index contributed by atoms with van der Waals surface area (Å²) in [6.07, 6.45) is 2.77. The quantitative estimate of drug-likeness (QED) is 0.497. The number of hydrogen-bond acceptors (Lipinski definition) is 5. The van der Waals surface area contributed by atoms with Gasteiger partial charge in [0.15, 0.2) is 0 Å². The van der Waals surface area contributed by atoms with E-state index in [0.29, 0.717) is 0 Å². The minimum atomic E-state index is -0.421. The molecule has 7 rings (SSSR count). The number of likely N-dealkylation sites (N-methyl/N-ethyl adjacent to an activating group) is 1. The van der Waals surface area contributed by atoms with E-state index >= 15 is 0 Å². The van der Waals surface area contributed by atoms with Crippen molar-refractivity contribution in [3.8, 4) is 11.3 Å². The first kappa shape index (κ1) is 19.7. The van der Waals surface area contributed by atoms with Crippen molar-refractivity contribution in [1.82, 2.24) is 20.1 Å². The number of H-pyrrole nitrogens is 1. The third-order valence-corrected chi connectivity index (χ3v) is 7.86. The molecule has 1 unspecified atom stereocenters. The molecule has 1 amide bonds. The molecule has 3 aliphatic rings.